The van der Waals surface area contributed by atoms with Gasteiger partial charge in [-0.1, -0.05) is 15.9 Å². The normalized spacial score (nSPS) is 17.2. The van der Waals surface area contributed by atoms with Crippen LogP contribution in [-0.4, -0.2) is 18.7 Å². The zero-order valence-corrected chi connectivity index (χ0v) is 10.8. The molecule has 0 bridgehead atoms. The molecule has 16 heavy (non-hydrogen) atoms. The summed E-state index contributed by atoms with van der Waals surface area (Å²) in [5, 5.41) is 3.35. The summed E-state index contributed by atoms with van der Waals surface area (Å²) in [6.45, 7) is 2.70. The third-order valence-electron chi connectivity index (χ3n) is 2.49. The molecule has 1 atom stereocenters. The standard InChI is InChI=1S/C12H15BrFNO/c1-8(7-15-10-3-4-10)16-12-6-9(13)2-5-11(12)14/h2,5-6,8,10,15H,3-4,7H2,1H3. The molecule has 0 spiro atoms. The van der Waals surface area contributed by atoms with Gasteiger partial charge < -0.3 is 10.1 Å². The smallest absolute Gasteiger partial charge is 0.165 e. The average molecular weight is 288 g/mol. The molecule has 1 aliphatic carbocycles. The van der Waals surface area contributed by atoms with E-state index in [0.29, 0.717) is 11.8 Å². The molecule has 1 saturated carbocycles. The van der Waals surface area contributed by atoms with Gasteiger partial charge in [0.2, 0.25) is 0 Å². The van der Waals surface area contributed by atoms with E-state index in [9.17, 15) is 4.39 Å². The van der Waals surface area contributed by atoms with Crippen molar-refractivity contribution in [2.45, 2.75) is 31.9 Å². The van der Waals surface area contributed by atoms with E-state index in [0.717, 1.165) is 11.0 Å². The molecule has 1 unspecified atom stereocenters. The average Bonchev–Trinajstić information content (AvgIpc) is 3.04. The summed E-state index contributed by atoms with van der Waals surface area (Å²) in [7, 11) is 0. The van der Waals surface area contributed by atoms with Gasteiger partial charge in [0.25, 0.3) is 0 Å². The Morgan fingerprint density at radius 3 is 3.00 bits per heavy atom. The summed E-state index contributed by atoms with van der Waals surface area (Å²) in [5.41, 5.74) is 0. The van der Waals surface area contributed by atoms with Crippen molar-refractivity contribution in [3.05, 3.63) is 28.5 Å². The number of hydrogen-bond donors (Lipinski definition) is 1. The molecule has 4 heteroatoms. The highest BCUT2D eigenvalue weighted by atomic mass is 79.9. The van der Waals surface area contributed by atoms with Gasteiger partial charge in [0, 0.05) is 17.1 Å². The van der Waals surface area contributed by atoms with Gasteiger partial charge in [-0.05, 0) is 38.0 Å². The first-order chi connectivity index (χ1) is 7.65. The first-order valence-corrected chi connectivity index (χ1v) is 6.29. The van der Waals surface area contributed by atoms with Gasteiger partial charge in [-0.25, -0.2) is 4.39 Å². The van der Waals surface area contributed by atoms with Gasteiger partial charge in [0.15, 0.2) is 11.6 Å². The third kappa shape index (κ3) is 3.46. The number of halogens is 2. The van der Waals surface area contributed by atoms with Crippen LogP contribution in [0, 0.1) is 5.82 Å². The minimum atomic E-state index is -0.318. The molecule has 1 aromatic rings. The van der Waals surface area contributed by atoms with Crippen molar-refractivity contribution in [1.29, 1.82) is 0 Å². The van der Waals surface area contributed by atoms with Crippen LogP contribution in [0.3, 0.4) is 0 Å². The van der Waals surface area contributed by atoms with E-state index in [4.69, 9.17) is 4.74 Å². The highest BCUT2D eigenvalue weighted by molar-refractivity contribution is 9.10. The van der Waals surface area contributed by atoms with E-state index in [2.05, 4.69) is 21.2 Å². The van der Waals surface area contributed by atoms with Gasteiger partial charge in [-0.3, -0.25) is 0 Å². The lowest BCUT2D eigenvalue weighted by Gasteiger charge is -2.15. The van der Waals surface area contributed by atoms with E-state index in [-0.39, 0.29) is 11.9 Å². The number of ether oxygens (including phenoxy) is 1. The Morgan fingerprint density at radius 2 is 2.31 bits per heavy atom. The van der Waals surface area contributed by atoms with Crippen molar-refractivity contribution in [2.24, 2.45) is 0 Å². The molecule has 0 aliphatic heterocycles. The van der Waals surface area contributed by atoms with Crippen LogP contribution in [0.4, 0.5) is 4.39 Å². The Balaban J connectivity index is 1.88. The molecular weight excluding hydrogens is 273 g/mol. The van der Waals surface area contributed by atoms with Crippen LogP contribution in [0.5, 0.6) is 5.75 Å². The maximum atomic E-state index is 13.4. The second-order valence-electron chi connectivity index (χ2n) is 4.19. The molecule has 0 saturated heterocycles. The van der Waals surface area contributed by atoms with Crippen LogP contribution in [0.25, 0.3) is 0 Å². The molecule has 0 heterocycles. The van der Waals surface area contributed by atoms with Gasteiger partial charge in [0.1, 0.15) is 6.10 Å². The molecule has 1 aliphatic rings. The predicted molar refractivity (Wildman–Crippen MR) is 65.2 cm³/mol. The maximum Gasteiger partial charge on any atom is 0.165 e. The van der Waals surface area contributed by atoms with E-state index < -0.39 is 0 Å². The monoisotopic (exact) mass is 287 g/mol. The summed E-state index contributed by atoms with van der Waals surface area (Å²) < 4.78 is 19.7. The van der Waals surface area contributed by atoms with Crippen LogP contribution in [0.2, 0.25) is 0 Å². The van der Waals surface area contributed by atoms with Crippen molar-refractivity contribution >= 4 is 15.9 Å². The van der Waals surface area contributed by atoms with Gasteiger partial charge >= 0.3 is 0 Å². The van der Waals surface area contributed by atoms with Gasteiger partial charge in [0.05, 0.1) is 0 Å². The maximum absolute atomic E-state index is 13.4. The fourth-order valence-corrected chi connectivity index (χ4v) is 1.79. The zero-order valence-electron chi connectivity index (χ0n) is 9.17. The van der Waals surface area contributed by atoms with Crippen LogP contribution >= 0.6 is 15.9 Å². The molecule has 0 aromatic heterocycles. The highest BCUT2D eigenvalue weighted by Gasteiger charge is 2.21. The number of nitrogens with one attached hydrogen (secondary N) is 1. The van der Waals surface area contributed by atoms with Gasteiger partial charge in [-0.15, -0.1) is 0 Å². The van der Waals surface area contributed by atoms with Crippen LogP contribution in [0.15, 0.2) is 22.7 Å². The molecule has 2 rings (SSSR count). The lowest BCUT2D eigenvalue weighted by Crippen LogP contribution is -2.30. The van der Waals surface area contributed by atoms with E-state index in [1.165, 1.54) is 18.9 Å². The third-order valence-corrected chi connectivity index (χ3v) is 2.99. The number of rotatable bonds is 5. The molecule has 1 fully saturated rings. The highest BCUT2D eigenvalue weighted by Crippen LogP contribution is 2.23. The summed E-state index contributed by atoms with van der Waals surface area (Å²) >= 11 is 3.30. The first kappa shape index (κ1) is 11.9. The number of hydrogen-bond acceptors (Lipinski definition) is 2. The van der Waals surface area contributed by atoms with Gasteiger partial charge in [-0.2, -0.15) is 0 Å². The van der Waals surface area contributed by atoms with E-state index >= 15 is 0 Å². The lowest BCUT2D eigenvalue weighted by atomic mass is 10.3. The van der Waals surface area contributed by atoms with Crippen molar-refractivity contribution in [2.75, 3.05) is 6.54 Å². The summed E-state index contributed by atoms with van der Waals surface area (Å²) in [6.07, 6.45) is 2.47. The predicted octanol–water partition coefficient (Wildman–Crippen LogP) is 3.11. The fourth-order valence-electron chi connectivity index (χ4n) is 1.45. The molecule has 1 N–H and O–H groups in total. The SMILES string of the molecule is CC(CNC1CC1)Oc1cc(Br)ccc1F. The Kier molecular flexibility index (Phi) is 3.82. The van der Waals surface area contributed by atoms with Crippen molar-refractivity contribution < 1.29 is 9.13 Å². The summed E-state index contributed by atoms with van der Waals surface area (Å²) in [5.74, 6) is -0.0130. The Hall–Kier alpha value is -0.610. The summed E-state index contributed by atoms with van der Waals surface area (Å²) in [4.78, 5) is 0. The zero-order chi connectivity index (χ0) is 11.5. The van der Waals surface area contributed by atoms with Crippen LogP contribution < -0.4 is 10.1 Å². The number of benzene rings is 1. The molecule has 0 radical (unpaired) electrons. The fraction of sp³-hybridized carbons (Fsp3) is 0.500. The van der Waals surface area contributed by atoms with E-state index in [1.54, 1.807) is 12.1 Å². The van der Waals surface area contributed by atoms with Crippen molar-refractivity contribution in [1.82, 2.24) is 5.32 Å². The molecule has 1 aromatic carbocycles. The Bertz CT molecular complexity index is 368. The topological polar surface area (TPSA) is 21.3 Å². The van der Waals surface area contributed by atoms with E-state index in [1.807, 2.05) is 6.92 Å². The Labute approximate surface area is 103 Å². The lowest BCUT2D eigenvalue weighted by molar-refractivity contribution is 0.207. The first-order valence-electron chi connectivity index (χ1n) is 5.50. The Morgan fingerprint density at radius 1 is 1.56 bits per heavy atom. The molecule has 0 amide bonds. The van der Waals surface area contributed by atoms with Crippen LogP contribution in [-0.2, 0) is 0 Å². The minimum absolute atomic E-state index is 0.0237. The molecule has 2 nitrogen and oxygen atoms in total. The molecular formula is C12H15BrFNO. The minimum Gasteiger partial charge on any atom is -0.486 e. The second kappa shape index (κ2) is 5.15. The summed E-state index contributed by atoms with van der Waals surface area (Å²) in [6, 6.07) is 5.37. The quantitative estimate of drug-likeness (QED) is 0.899. The van der Waals surface area contributed by atoms with Crippen molar-refractivity contribution in [3.63, 3.8) is 0 Å². The van der Waals surface area contributed by atoms with Crippen molar-refractivity contribution in [3.8, 4) is 5.75 Å². The largest absolute Gasteiger partial charge is 0.486 e. The molecule has 88 valence electrons. The van der Waals surface area contributed by atoms with Crippen LogP contribution in [0.1, 0.15) is 19.8 Å². The second-order valence-corrected chi connectivity index (χ2v) is 5.10.